The lowest BCUT2D eigenvalue weighted by atomic mass is 9.84. The van der Waals surface area contributed by atoms with E-state index in [9.17, 15) is 40.5 Å². The molecule has 38 heavy (non-hydrogen) atoms. The molecule has 17 nitrogen and oxygen atoms in total. The summed E-state index contributed by atoms with van der Waals surface area (Å²) in [7, 11) is 0. The highest BCUT2D eigenvalue weighted by Gasteiger charge is 2.51. The molecule has 0 radical (unpaired) electrons. The minimum Gasteiger partial charge on any atom is -0.394 e. The van der Waals surface area contributed by atoms with Gasteiger partial charge in [-0.3, -0.25) is 4.79 Å². The molecule has 1 amide bonds. The molecule has 1 saturated carbocycles. The molecule has 3 rings (SSSR count). The molecule has 0 aromatic rings. The van der Waals surface area contributed by atoms with E-state index in [4.69, 9.17) is 41.9 Å². The van der Waals surface area contributed by atoms with Crippen molar-refractivity contribution in [3.8, 4) is 0 Å². The van der Waals surface area contributed by atoms with Gasteiger partial charge in [0.25, 0.3) is 0 Å². The third-order valence-corrected chi connectivity index (χ3v) is 7.14. The summed E-state index contributed by atoms with van der Waals surface area (Å²) in [6.07, 6.45) is -17.5. The van der Waals surface area contributed by atoms with E-state index in [0.717, 1.165) is 0 Å². The van der Waals surface area contributed by atoms with Gasteiger partial charge in [-0.25, -0.2) is 0 Å². The first-order valence-electron chi connectivity index (χ1n) is 12.4. The first-order valence-corrected chi connectivity index (χ1v) is 12.4. The van der Waals surface area contributed by atoms with E-state index in [2.05, 4.69) is 5.32 Å². The average Bonchev–Trinajstić information content (AvgIpc) is 2.87. The topological polar surface area (TPSA) is 312 Å². The lowest BCUT2D eigenvalue weighted by Gasteiger charge is -2.48. The molecule has 2 saturated heterocycles. The minimum atomic E-state index is -1.76. The van der Waals surface area contributed by atoms with Gasteiger partial charge in [0.15, 0.2) is 12.6 Å². The molecular weight excluding hydrogens is 514 g/mol. The van der Waals surface area contributed by atoms with Crippen molar-refractivity contribution >= 4 is 5.91 Å². The Morgan fingerprint density at radius 1 is 0.842 bits per heavy atom. The third-order valence-electron chi connectivity index (χ3n) is 7.14. The van der Waals surface area contributed by atoms with Gasteiger partial charge in [0.05, 0.1) is 18.7 Å². The Bertz CT molecular complexity index is 783. The molecule has 0 aromatic heterocycles. The number of nitrogens with two attached hydrogens (primary N) is 4. The smallest absolute Gasteiger partial charge is 0.236 e. The molecule has 1 aliphatic carbocycles. The second-order valence-corrected chi connectivity index (χ2v) is 10.1. The fourth-order valence-electron chi connectivity index (χ4n) is 4.74. The van der Waals surface area contributed by atoms with Crippen molar-refractivity contribution < 1.29 is 59.5 Å². The molecule has 0 aromatic carbocycles. The standard InChI is InChI=1S/C21H41N5O12/c1-5(22)19(34)26-3-8-12(29)14(31)15(32)21(35-8)38-18-7(24)2-6(23)17(16(18)33)37-20-13(30)10(25)11(28)9(4-27)36-20/h5-18,20-21,27-33H,2-4,22-25H2,1H3,(H,26,34)/t5-,6+,7-,8+,9+,10-,11+,12+,13+,14-,15+,16+,17-,18+,20+,21+/m0/s1. The maximum absolute atomic E-state index is 11.8. The van der Waals surface area contributed by atoms with Gasteiger partial charge < -0.3 is 82.9 Å². The minimum absolute atomic E-state index is 0.0369. The van der Waals surface area contributed by atoms with Crippen molar-refractivity contribution in [3.63, 3.8) is 0 Å². The van der Waals surface area contributed by atoms with Crippen molar-refractivity contribution in [2.45, 2.75) is 111 Å². The van der Waals surface area contributed by atoms with E-state index in [1.165, 1.54) is 6.92 Å². The predicted octanol–water partition coefficient (Wildman–Crippen LogP) is -7.79. The maximum Gasteiger partial charge on any atom is 0.236 e. The van der Waals surface area contributed by atoms with Crippen LogP contribution in [0.4, 0.5) is 0 Å². The van der Waals surface area contributed by atoms with Crippen molar-refractivity contribution in [1.29, 1.82) is 0 Å². The zero-order valence-corrected chi connectivity index (χ0v) is 20.8. The third kappa shape index (κ3) is 6.60. The van der Waals surface area contributed by atoms with E-state index in [1.54, 1.807) is 0 Å². The lowest BCUT2D eigenvalue weighted by molar-refractivity contribution is -0.332. The SMILES string of the molecule is C[C@H](N)C(=O)NC[C@H]1O[C@H](O[C@H]2[C@H](O)[C@@H](O[C@H]3O[C@H](CO)[C@@H](O)[C@H](N)[C@H]3O)[C@H](N)C[C@@H]2N)[C@H](O)[C@@H](O)[C@@H]1O. The van der Waals surface area contributed by atoms with Crippen LogP contribution in [0.1, 0.15) is 13.3 Å². The quantitative estimate of drug-likeness (QED) is 0.132. The summed E-state index contributed by atoms with van der Waals surface area (Å²) in [5, 5.41) is 74.5. The Balaban J connectivity index is 1.71. The molecule has 16 atom stereocenters. The fourth-order valence-corrected chi connectivity index (χ4v) is 4.74. The molecule has 2 heterocycles. The van der Waals surface area contributed by atoms with Crippen molar-refractivity contribution in [3.05, 3.63) is 0 Å². The molecule has 3 fully saturated rings. The zero-order valence-electron chi connectivity index (χ0n) is 20.8. The predicted molar refractivity (Wildman–Crippen MR) is 125 cm³/mol. The summed E-state index contributed by atoms with van der Waals surface area (Å²) in [4.78, 5) is 11.8. The molecule has 17 heteroatoms. The number of ether oxygens (including phenoxy) is 4. The summed E-state index contributed by atoms with van der Waals surface area (Å²) >= 11 is 0. The molecule has 3 aliphatic rings. The monoisotopic (exact) mass is 555 g/mol. The van der Waals surface area contributed by atoms with Crippen LogP contribution in [0.2, 0.25) is 0 Å². The van der Waals surface area contributed by atoms with E-state index < -0.39 is 110 Å². The first-order chi connectivity index (χ1) is 17.8. The molecule has 16 N–H and O–H groups in total. The Kier molecular flexibility index (Phi) is 10.8. The van der Waals surface area contributed by atoms with Gasteiger partial charge in [0, 0.05) is 18.6 Å². The van der Waals surface area contributed by atoms with Gasteiger partial charge in [-0.2, -0.15) is 0 Å². The Hall–Kier alpha value is -1.13. The zero-order chi connectivity index (χ0) is 28.5. The van der Waals surface area contributed by atoms with Crippen molar-refractivity contribution in [1.82, 2.24) is 5.32 Å². The van der Waals surface area contributed by atoms with Crippen LogP contribution in [0.3, 0.4) is 0 Å². The van der Waals surface area contributed by atoms with Crippen LogP contribution in [-0.2, 0) is 23.7 Å². The van der Waals surface area contributed by atoms with Crippen LogP contribution < -0.4 is 28.3 Å². The number of hydrogen-bond donors (Lipinski definition) is 12. The first kappa shape index (κ1) is 31.4. The number of rotatable bonds is 8. The number of nitrogens with one attached hydrogen (secondary N) is 1. The van der Waals surface area contributed by atoms with Crippen LogP contribution in [0.15, 0.2) is 0 Å². The van der Waals surface area contributed by atoms with Gasteiger partial charge in [0.1, 0.15) is 61.0 Å². The molecule has 0 unspecified atom stereocenters. The Morgan fingerprint density at radius 2 is 1.37 bits per heavy atom. The number of carbonyl (C=O) groups excluding carboxylic acids is 1. The van der Waals surface area contributed by atoms with E-state index in [0.29, 0.717) is 0 Å². The van der Waals surface area contributed by atoms with Crippen LogP contribution >= 0.6 is 0 Å². The van der Waals surface area contributed by atoms with Crippen molar-refractivity contribution in [2.75, 3.05) is 13.2 Å². The average molecular weight is 556 g/mol. The van der Waals surface area contributed by atoms with Gasteiger partial charge in [-0.1, -0.05) is 0 Å². The molecule has 222 valence electrons. The highest BCUT2D eigenvalue weighted by Crippen LogP contribution is 2.31. The number of aliphatic hydroxyl groups excluding tert-OH is 7. The Morgan fingerprint density at radius 3 is 1.89 bits per heavy atom. The fraction of sp³-hybridized carbons (Fsp3) is 0.952. The van der Waals surface area contributed by atoms with Crippen molar-refractivity contribution in [2.24, 2.45) is 22.9 Å². The van der Waals surface area contributed by atoms with Crippen LogP contribution in [0, 0.1) is 0 Å². The van der Waals surface area contributed by atoms with E-state index in [1.807, 2.05) is 0 Å². The van der Waals surface area contributed by atoms with Gasteiger partial charge in [0.2, 0.25) is 5.91 Å². The molecule has 0 spiro atoms. The highest BCUT2D eigenvalue weighted by atomic mass is 16.7. The summed E-state index contributed by atoms with van der Waals surface area (Å²) in [5.41, 5.74) is 23.6. The van der Waals surface area contributed by atoms with Gasteiger partial charge in [-0.15, -0.1) is 0 Å². The lowest BCUT2D eigenvalue weighted by Crippen LogP contribution is -2.68. The molecule has 0 bridgehead atoms. The highest BCUT2D eigenvalue weighted by molar-refractivity contribution is 5.80. The van der Waals surface area contributed by atoms with Gasteiger partial charge in [-0.05, 0) is 13.3 Å². The number of carbonyl (C=O) groups is 1. The molecule has 2 aliphatic heterocycles. The summed E-state index contributed by atoms with van der Waals surface area (Å²) in [6.45, 7) is 0.564. The number of aliphatic hydroxyl groups is 7. The van der Waals surface area contributed by atoms with Crippen LogP contribution in [0.25, 0.3) is 0 Å². The normalized spacial score (nSPS) is 48.9. The largest absolute Gasteiger partial charge is 0.394 e. The molecular formula is C21H41N5O12. The summed E-state index contributed by atoms with van der Waals surface area (Å²) in [6, 6.07) is -3.85. The maximum atomic E-state index is 11.8. The van der Waals surface area contributed by atoms with Crippen LogP contribution in [-0.4, -0.2) is 153 Å². The summed E-state index contributed by atoms with van der Waals surface area (Å²) < 4.78 is 22.5. The number of hydrogen-bond acceptors (Lipinski definition) is 16. The Labute approximate surface area is 218 Å². The van der Waals surface area contributed by atoms with Crippen LogP contribution in [0.5, 0.6) is 0 Å². The second-order valence-electron chi connectivity index (χ2n) is 10.1. The van der Waals surface area contributed by atoms with E-state index in [-0.39, 0.29) is 13.0 Å². The second kappa shape index (κ2) is 13.0. The van der Waals surface area contributed by atoms with E-state index >= 15 is 0 Å². The van der Waals surface area contributed by atoms with Gasteiger partial charge >= 0.3 is 0 Å². The summed E-state index contributed by atoms with van der Waals surface area (Å²) in [5.74, 6) is -0.541. The number of amides is 1.